The van der Waals surface area contributed by atoms with Crippen LogP contribution in [0, 0.1) is 6.92 Å². The third-order valence-electron chi connectivity index (χ3n) is 3.86. The van der Waals surface area contributed by atoms with E-state index in [-0.39, 0.29) is 0 Å². The van der Waals surface area contributed by atoms with Gasteiger partial charge in [-0.3, -0.25) is 0 Å². The van der Waals surface area contributed by atoms with E-state index in [4.69, 9.17) is 4.74 Å². The number of para-hydroxylation sites is 1. The van der Waals surface area contributed by atoms with Crippen molar-refractivity contribution in [2.45, 2.75) is 13.8 Å². The third-order valence-corrected chi connectivity index (χ3v) is 3.86. The second-order valence-corrected chi connectivity index (χ2v) is 5.00. The molecule has 1 aliphatic heterocycles. The van der Waals surface area contributed by atoms with Crippen LogP contribution in [0.1, 0.15) is 18.2 Å². The Morgan fingerprint density at radius 1 is 1.14 bits per heavy atom. The van der Waals surface area contributed by atoms with E-state index in [1.807, 2.05) is 42.8 Å². The molecular weight excluding hydrogens is 266 g/mol. The first-order valence-corrected chi connectivity index (χ1v) is 6.74. The molecule has 4 heteroatoms. The number of aryl methyl sites for hydroxylation is 1. The molecule has 3 rings (SSSR count). The highest BCUT2D eigenvalue weighted by Crippen LogP contribution is 2.36. The van der Waals surface area contributed by atoms with E-state index >= 15 is 0 Å². The summed E-state index contributed by atoms with van der Waals surface area (Å²) in [5.74, 6) is -1.16. The van der Waals surface area contributed by atoms with Crippen molar-refractivity contribution >= 4 is 28.4 Å². The van der Waals surface area contributed by atoms with E-state index < -0.39 is 11.9 Å². The molecule has 0 unspecified atom stereocenters. The van der Waals surface area contributed by atoms with Gasteiger partial charge in [0.05, 0.1) is 11.1 Å². The first-order valence-electron chi connectivity index (χ1n) is 6.74. The van der Waals surface area contributed by atoms with Crippen molar-refractivity contribution in [1.82, 2.24) is 4.57 Å². The molecule has 0 amide bonds. The first-order chi connectivity index (χ1) is 10.1. The Labute approximate surface area is 122 Å². The van der Waals surface area contributed by atoms with Gasteiger partial charge in [-0.1, -0.05) is 30.4 Å². The topological polar surface area (TPSA) is 48.3 Å². The average molecular weight is 281 g/mol. The van der Waals surface area contributed by atoms with E-state index in [9.17, 15) is 9.59 Å². The van der Waals surface area contributed by atoms with Gasteiger partial charge >= 0.3 is 11.9 Å². The molecule has 0 saturated heterocycles. The Bertz CT molecular complexity index is 837. The van der Waals surface area contributed by atoms with Gasteiger partial charge in [-0.05, 0) is 19.9 Å². The van der Waals surface area contributed by atoms with Crippen LogP contribution in [0.5, 0.6) is 0 Å². The molecule has 2 heterocycles. The molecule has 0 fully saturated rings. The lowest BCUT2D eigenvalue weighted by molar-refractivity contribution is -0.150. The first kappa shape index (κ1) is 13.4. The van der Waals surface area contributed by atoms with Crippen LogP contribution in [0.3, 0.4) is 0 Å². The van der Waals surface area contributed by atoms with Gasteiger partial charge in [-0.15, -0.1) is 0 Å². The lowest BCUT2D eigenvalue weighted by atomic mass is 9.98. The predicted molar refractivity (Wildman–Crippen MR) is 80.5 cm³/mol. The Kier molecular flexibility index (Phi) is 3.01. The van der Waals surface area contributed by atoms with E-state index in [0.29, 0.717) is 11.1 Å². The monoisotopic (exact) mass is 281 g/mol. The fourth-order valence-corrected chi connectivity index (χ4v) is 2.79. The lowest BCUT2D eigenvalue weighted by Gasteiger charge is -2.02. The van der Waals surface area contributed by atoms with Crippen molar-refractivity contribution in [3.05, 3.63) is 53.2 Å². The zero-order valence-corrected chi connectivity index (χ0v) is 12.1. The van der Waals surface area contributed by atoms with Crippen LogP contribution in [0.2, 0.25) is 0 Å². The van der Waals surface area contributed by atoms with Crippen molar-refractivity contribution in [1.29, 1.82) is 0 Å². The van der Waals surface area contributed by atoms with E-state index in [1.165, 1.54) is 0 Å². The summed E-state index contributed by atoms with van der Waals surface area (Å²) in [5, 5.41) is 0.946. The fourth-order valence-electron chi connectivity index (χ4n) is 2.79. The third kappa shape index (κ3) is 1.83. The summed E-state index contributed by atoms with van der Waals surface area (Å²) in [6.07, 6.45) is 3.36. The number of carbonyl (C=O) groups is 2. The van der Waals surface area contributed by atoms with Gasteiger partial charge in [-0.2, -0.15) is 0 Å². The molecule has 0 aliphatic carbocycles. The molecule has 1 aromatic carbocycles. The molecule has 0 bridgehead atoms. The maximum absolute atomic E-state index is 12.1. The summed E-state index contributed by atoms with van der Waals surface area (Å²) >= 11 is 0. The van der Waals surface area contributed by atoms with E-state index in [0.717, 1.165) is 22.2 Å². The minimum Gasteiger partial charge on any atom is -0.386 e. The standard InChI is InChI=1S/C17H15NO3/c1-4-7-12-15(17(20)21-16(12)19)14-10(2)18(3)13-9-6-5-8-11(13)14/h4-9H,1-3H3. The number of rotatable bonds is 2. The summed E-state index contributed by atoms with van der Waals surface area (Å²) in [7, 11) is 1.94. The molecule has 0 atom stereocenters. The SMILES string of the molecule is CC=CC1=C(c2c(C)n(C)c3ccccc23)C(=O)OC1=O. The summed E-state index contributed by atoms with van der Waals surface area (Å²) in [6.45, 7) is 3.74. The number of nitrogens with zero attached hydrogens (tertiary/aromatic N) is 1. The summed E-state index contributed by atoms with van der Waals surface area (Å²) in [5.41, 5.74) is 3.40. The molecule has 0 spiro atoms. The summed E-state index contributed by atoms with van der Waals surface area (Å²) < 4.78 is 6.81. The number of esters is 2. The Hall–Kier alpha value is -2.62. The number of cyclic esters (lactones) is 2. The van der Waals surface area contributed by atoms with Gasteiger partial charge in [0, 0.05) is 29.2 Å². The minimum atomic E-state index is -0.583. The van der Waals surface area contributed by atoms with E-state index in [2.05, 4.69) is 0 Å². The van der Waals surface area contributed by atoms with Gasteiger partial charge in [0.25, 0.3) is 0 Å². The van der Waals surface area contributed by atoms with Crippen LogP contribution in [-0.4, -0.2) is 16.5 Å². The molecule has 0 saturated carbocycles. The second kappa shape index (κ2) is 4.74. The second-order valence-electron chi connectivity index (χ2n) is 5.00. The molecule has 0 radical (unpaired) electrons. The molecule has 106 valence electrons. The summed E-state index contributed by atoms with van der Waals surface area (Å²) in [6, 6.07) is 7.81. The van der Waals surface area contributed by atoms with Crippen molar-refractivity contribution < 1.29 is 14.3 Å². The smallest absolute Gasteiger partial charge is 0.347 e. The molecule has 1 aromatic heterocycles. The van der Waals surface area contributed by atoms with E-state index in [1.54, 1.807) is 19.1 Å². The van der Waals surface area contributed by atoms with Gasteiger partial charge in [-0.25, -0.2) is 9.59 Å². The number of benzene rings is 1. The zero-order valence-electron chi connectivity index (χ0n) is 12.1. The van der Waals surface area contributed by atoms with Crippen molar-refractivity contribution in [2.75, 3.05) is 0 Å². The van der Waals surface area contributed by atoms with Crippen LogP contribution in [0.4, 0.5) is 0 Å². The van der Waals surface area contributed by atoms with Crippen LogP contribution in [0.15, 0.2) is 42.0 Å². The van der Waals surface area contributed by atoms with Gasteiger partial charge in [0.1, 0.15) is 0 Å². The van der Waals surface area contributed by atoms with Crippen molar-refractivity contribution in [3.8, 4) is 0 Å². The minimum absolute atomic E-state index is 0.321. The number of aromatic nitrogens is 1. The number of carbonyl (C=O) groups excluding carboxylic acids is 2. The number of ether oxygens (including phenoxy) is 1. The van der Waals surface area contributed by atoms with Gasteiger partial charge < -0.3 is 9.30 Å². The Balaban J connectivity index is 2.42. The fraction of sp³-hybridized carbons (Fsp3) is 0.176. The Morgan fingerprint density at radius 3 is 2.57 bits per heavy atom. The average Bonchev–Trinajstić information content (AvgIpc) is 2.87. The Morgan fingerprint density at radius 2 is 1.86 bits per heavy atom. The van der Waals surface area contributed by atoms with Crippen LogP contribution >= 0.6 is 0 Å². The van der Waals surface area contributed by atoms with Crippen LogP contribution in [-0.2, 0) is 21.4 Å². The molecule has 21 heavy (non-hydrogen) atoms. The predicted octanol–water partition coefficient (Wildman–Crippen LogP) is 2.90. The normalized spacial score (nSPS) is 15.6. The molecule has 0 N–H and O–H groups in total. The number of fused-ring (bicyclic) bond motifs is 1. The highest BCUT2D eigenvalue weighted by molar-refractivity contribution is 6.34. The molecule has 2 aromatic rings. The molecular formula is C17H15NO3. The maximum atomic E-state index is 12.1. The number of allylic oxidation sites excluding steroid dienone is 1. The number of hydrogen-bond donors (Lipinski definition) is 0. The highest BCUT2D eigenvalue weighted by atomic mass is 16.6. The summed E-state index contributed by atoms with van der Waals surface area (Å²) in [4.78, 5) is 24.0. The van der Waals surface area contributed by atoms with Crippen LogP contribution < -0.4 is 0 Å². The largest absolute Gasteiger partial charge is 0.386 e. The quantitative estimate of drug-likeness (QED) is 0.628. The van der Waals surface area contributed by atoms with Crippen LogP contribution in [0.25, 0.3) is 16.5 Å². The number of hydrogen-bond acceptors (Lipinski definition) is 3. The van der Waals surface area contributed by atoms with Crippen molar-refractivity contribution in [2.24, 2.45) is 7.05 Å². The maximum Gasteiger partial charge on any atom is 0.347 e. The van der Waals surface area contributed by atoms with Crippen molar-refractivity contribution in [3.63, 3.8) is 0 Å². The molecule has 1 aliphatic rings. The van der Waals surface area contributed by atoms with Gasteiger partial charge in [0.15, 0.2) is 0 Å². The molecule has 4 nitrogen and oxygen atoms in total. The highest BCUT2D eigenvalue weighted by Gasteiger charge is 2.35. The zero-order chi connectivity index (χ0) is 15.1. The lowest BCUT2D eigenvalue weighted by Crippen LogP contribution is -2.02. The van der Waals surface area contributed by atoms with Gasteiger partial charge in [0.2, 0.25) is 0 Å².